The highest BCUT2D eigenvalue weighted by atomic mass is 16.5. The number of esters is 1. The van der Waals surface area contributed by atoms with Gasteiger partial charge in [0, 0.05) is 50.9 Å². The van der Waals surface area contributed by atoms with Crippen LogP contribution in [0.5, 0.6) is 0 Å². The summed E-state index contributed by atoms with van der Waals surface area (Å²) in [5.74, 6) is 0.720. The molecule has 0 saturated carbocycles. The molecule has 0 aliphatic carbocycles. The number of aromatic nitrogens is 3. The van der Waals surface area contributed by atoms with Crippen LogP contribution in [0.15, 0.2) is 67.0 Å². The maximum Gasteiger partial charge on any atom is 0.305 e. The molecule has 8 heteroatoms. The van der Waals surface area contributed by atoms with E-state index in [1.807, 2.05) is 6.07 Å². The smallest absolute Gasteiger partial charge is 0.305 e. The van der Waals surface area contributed by atoms with Gasteiger partial charge in [0.1, 0.15) is 17.8 Å². The molecule has 0 spiro atoms. The Labute approximate surface area is 230 Å². The molecule has 204 valence electrons. The normalized spacial score (nSPS) is 15.3. The number of H-pyrrole nitrogens is 1. The second-order valence-corrected chi connectivity index (χ2v) is 10.3. The van der Waals surface area contributed by atoms with E-state index in [0.717, 1.165) is 80.2 Å². The predicted molar refractivity (Wildman–Crippen MR) is 155 cm³/mol. The van der Waals surface area contributed by atoms with Crippen LogP contribution in [0.25, 0.3) is 22.3 Å². The van der Waals surface area contributed by atoms with Gasteiger partial charge in [-0.05, 0) is 49.1 Å². The summed E-state index contributed by atoms with van der Waals surface area (Å²) < 4.78 is 4.72. The topological polar surface area (TPSA) is 86.4 Å². The Kier molecular flexibility index (Phi) is 8.85. The van der Waals surface area contributed by atoms with E-state index in [4.69, 9.17) is 4.74 Å². The maximum atomic E-state index is 11.3. The van der Waals surface area contributed by atoms with Gasteiger partial charge in [-0.15, -0.1) is 0 Å². The molecule has 1 atom stereocenters. The average molecular weight is 527 g/mol. The summed E-state index contributed by atoms with van der Waals surface area (Å²) >= 11 is 0. The molecule has 1 aliphatic heterocycles. The van der Waals surface area contributed by atoms with Gasteiger partial charge in [0.25, 0.3) is 0 Å². The van der Waals surface area contributed by atoms with Crippen molar-refractivity contribution in [3.8, 4) is 11.3 Å². The van der Waals surface area contributed by atoms with Crippen LogP contribution < -0.4 is 5.32 Å². The summed E-state index contributed by atoms with van der Waals surface area (Å²) in [6.07, 6.45) is 4.06. The van der Waals surface area contributed by atoms with E-state index < -0.39 is 0 Å². The molecule has 0 radical (unpaired) electrons. The fourth-order valence-electron chi connectivity index (χ4n) is 5.17. The van der Waals surface area contributed by atoms with Crippen LogP contribution >= 0.6 is 0 Å². The molecule has 0 amide bonds. The number of benzene rings is 2. The van der Waals surface area contributed by atoms with Crippen molar-refractivity contribution in [2.75, 3.05) is 45.2 Å². The molecule has 1 saturated heterocycles. The number of hydrogen-bond acceptors (Lipinski definition) is 7. The number of nitrogens with zero attached hydrogens (tertiary/aromatic N) is 4. The van der Waals surface area contributed by atoms with E-state index in [-0.39, 0.29) is 12.0 Å². The Morgan fingerprint density at radius 1 is 1.00 bits per heavy atom. The summed E-state index contributed by atoms with van der Waals surface area (Å²) in [5, 5.41) is 4.53. The van der Waals surface area contributed by atoms with Crippen molar-refractivity contribution < 1.29 is 9.53 Å². The van der Waals surface area contributed by atoms with Crippen LogP contribution in [0, 0.1) is 0 Å². The molecule has 0 unspecified atom stereocenters. The number of anilines is 1. The van der Waals surface area contributed by atoms with E-state index in [2.05, 4.69) is 91.6 Å². The van der Waals surface area contributed by atoms with Crippen LogP contribution in [0.4, 0.5) is 5.82 Å². The van der Waals surface area contributed by atoms with Gasteiger partial charge in [-0.1, -0.05) is 54.6 Å². The number of hydrogen-bond donors (Lipinski definition) is 2. The van der Waals surface area contributed by atoms with Crippen molar-refractivity contribution in [3.05, 3.63) is 78.1 Å². The van der Waals surface area contributed by atoms with Gasteiger partial charge >= 0.3 is 5.97 Å². The van der Waals surface area contributed by atoms with Crippen molar-refractivity contribution in [2.24, 2.45) is 0 Å². The van der Waals surface area contributed by atoms with Gasteiger partial charge < -0.3 is 19.9 Å². The number of piperazine rings is 1. The zero-order valence-electron chi connectivity index (χ0n) is 22.9. The third-order valence-corrected chi connectivity index (χ3v) is 7.55. The van der Waals surface area contributed by atoms with Gasteiger partial charge in [0.2, 0.25) is 0 Å². The first kappa shape index (κ1) is 26.8. The van der Waals surface area contributed by atoms with E-state index >= 15 is 0 Å². The van der Waals surface area contributed by atoms with Crippen LogP contribution in [-0.2, 0) is 16.1 Å². The first-order chi connectivity index (χ1) is 19.1. The molecule has 4 aromatic rings. The van der Waals surface area contributed by atoms with E-state index in [9.17, 15) is 4.79 Å². The number of methoxy groups -OCH3 is 1. The molecular weight excluding hydrogens is 488 g/mol. The Morgan fingerprint density at radius 2 is 1.74 bits per heavy atom. The number of rotatable bonds is 11. The van der Waals surface area contributed by atoms with E-state index in [1.54, 1.807) is 6.33 Å². The van der Waals surface area contributed by atoms with Gasteiger partial charge in [0.05, 0.1) is 12.5 Å². The quantitative estimate of drug-likeness (QED) is 0.204. The van der Waals surface area contributed by atoms with Crippen molar-refractivity contribution in [3.63, 3.8) is 0 Å². The Bertz CT molecular complexity index is 1350. The fraction of sp³-hybridized carbons (Fsp3) is 0.387. The fourth-order valence-corrected chi connectivity index (χ4v) is 5.17. The Balaban J connectivity index is 1.15. The summed E-state index contributed by atoms with van der Waals surface area (Å²) in [6, 6.07) is 21.5. The molecule has 2 N–H and O–H groups in total. The van der Waals surface area contributed by atoms with Crippen LogP contribution in [0.1, 0.15) is 43.4 Å². The summed E-state index contributed by atoms with van der Waals surface area (Å²) in [6.45, 7) is 8.44. The predicted octanol–water partition coefficient (Wildman–Crippen LogP) is 5.26. The highest BCUT2D eigenvalue weighted by molar-refractivity contribution is 5.91. The van der Waals surface area contributed by atoms with Crippen molar-refractivity contribution in [1.29, 1.82) is 0 Å². The third-order valence-electron chi connectivity index (χ3n) is 7.55. The largest absolute Gasteiger partial charge is 0.469 e. The minimum atomic E-state index is -0.112. The number of ether oxygens (including phenoxy) is 1. The highest BCUT2D eigenvalue weighted by Crippen LogP contribution is 2.29. The highest BCUT2D eigenvalue weighted by Gasteiger charge is 2.17. The second-order valence-electron chi connectivity index (χ2n) is 10.3. The molecule has 2 aromatic carbocycles. The second kappa shape index (κ2) is 12.9. The van der Waals surface area contributed by atoms with Gasteiger partial charge in [-0.3, -0.25) is 9.69 Å². The van der Waals surface area contributed by atoms with Crippen molar-refractivity contribution in [2.45, 2.75) is 38.8 Å². The number of aromatic amines is 1. The average Bonchev–Trinajstić information content (AvgIpc) is 3.42. The standard InChI is InChI=1S/C31H38N6O2/c1-23(25-8-4-3-5-9-25)34-30-27-20-28(35-31(27)33-22-32-30)26-13-11-24(12-14-26)21-37-18-16-36(17-19-37)15-7-6-10-29(38)39-2/h3-5,8-9,11-14,20,22-23H,6-7,10,15-19,21H2,1-2H3,(H2,32,33,34,35)/t23-/m1/s1. The number of nitrogens with one attached hydrogen (secondary N) is 2. The van der Waals surface area contributed by atoms with Crippen LogP contribution in [0.2, 0.25) is 0 Å². The monoisotopic (exact) mass is 526 g/mol. The van der Waals surface area contributed by atoms with Crippen LogP contribution in [-0.4, -0.2) is 70.6 Å². The molecule has 5 rings (SSSR count). The SMILES string of the molecule is COC(=O)CCCCN1CCN(Cc2ccc(-c3cc4c(N[C@H](C)c5ccccc5)ncnc4[nH]3)cc2)CC1. The first-order valence-corrected chi connectivity index (χ1v) is 13.8. The summed E-state index contributed by atoms with van der Waals surface area (Å²) in [7, 11) is 1.45. The molecule has 0 bridgehead atoms. The van der Waals surface area contributed by atoms with Crippen molar-refractivity contribution in [1.82, 2.24) is 24.8 Å². The lowest BCUT2D eigenvalue weighted by Gasteiger charge is -2.34. The number of unbranched alkanes of at least 4 members (excludes halogenated alkanes) is 1. The van der Waals surface area contributed by atoms with E-state index in [1.165, 1.54) is 18.2 Å². The molecule has 1 aliphatic rings. The summed E-state index contributed by atoms with van der Waals surface area (Å²) in [4.78, 5) is 28.7. The zero-order chi connectivity index (χ0) is 27.0. The molecule has 39 heavy (non-hydrogen) atoms. The third kappa shape index (κ3) is 7.02. The van der Waals surface area contributed by atoms with Gasteiger partial charge in [-0.2, -0.15) is 0 Å². The first-order valence-electron chi connectivity index (χ1n) is 13.8. The molecule has 3 heterocycles. The van der Waals surface area contributed by atoms with Gasteiger partial charge in [-0.25, -0.2) is 9.97 Å². The minimum Gasteiger partial charge on any atom is -0.469 e. The molecule has 8 nitrogen and oxygen atoms in total. The number of carbonyl (C=O) groups is 1. The lowest BCUT2D eigenvalue weighted by molar-refractivity contribution is -0.140. The van der Waals surface area contributed by atoms with Crippen molar-refractivity contribution >= 4 is 22.8 Å². The maximum absolute atomic E-state index is 11.3. The summed E-state index contributed by atoms with van der Waals surface area (Å²) in [5.41, 5.74) is 5.53. The number of fused-ring (bicyclic) bond motifs is 1. The van der Waals surface area contributed by atoms with Crippen LogP contribution in [0.3, 0.4) is 0 Å². The minimum absolute atomic E-state index is 0.112. The zero-order valence-corrected chi connectivity index (χ0v) is 22.9. The lowest BCUT2D eigenvalue weighted by atomic mass is 10.1. The van der Waals surface area contributed by atoms with E-state index in [0.29, 0.717) is 6.42 Å². The molecule has 2 aromatic heterocycles. The Morgan fingerprint density at radius 3 is 2.49 bits per heavy atom. The Hall–Kier alpha value is -3.75. The number of carbonyl (C=O) groups excluding carboxylic acids is 1. The lowest BCUT2D eigenvalue weighted by Crippen LogP contribution is -2.46. The van der Waals surface area contributed by atoms with Gasteiger partial charge in [0.15, 0.2) is 0 Å². The molecule has 1 fully saturated rings. The molecular formula is C31H38N6O2.